The maximum atomic E-state index is 13.4. The average Bonchev–Trinajstić information content (AvgIpc) is 3.08. The highest BCUT2D eigenvalue weighted by atomic mass is 32.1. The van der Waals surface area contributed by atoms with Crippen LogP contribution in [0.3, 0.4) is 0 Å². The topological polar surface area (TPSA) is 61.2 Å². The zero-order chi connectivity index (χ0) is 22.3. The third-order valence-corrected chi connectivity index (χ3v) is 6.69. The molecular formula is C25H24N2O3S. The number of aromatic nitrogens is 2. The second-order valence-electron chi connectivity index (χ2n) is 7.80. The Labute approximate surface area is 185 Å². The maximum absolute atomic E-state index is 13.4. The number of methoxy groups -OCH3 is 1. The Morgan fingerprint density at radius 3 is 2.48 bits per heavy atom. The number of ketones is 1. The first kappa shape index (κ1) is 21.0. The number of fused-ring (bicyclic) bond motifs is 1. The molecule has 0 N–H and O–H groups in total. The molecule has 2 aromatic carbocycles. The first-order chi connectivity index (χ1) is 14.8. The fraction of sp³-hybridized carbons (Fsp3) is 0.240. The zero-order valence-electron chi connectivity index (χ0n) is 18.3. The van der Waals surface area contributed by atoms with Crippen LogP contribution >= 0.6 is 11.3 Å². The lowest BCUT2D eigenvalue weighted by Crippen LogP contribution is -2.24. The summed E-state index contributed by atoms with van der Waals surface area (Å²) in [6.45, 7) is 7.91. The van der Waals surface area contributed by atoms with E-state index in [1.165, 1.54) is 22.2 Å². The summed E-state index contributed by atoms with van der Waals surface area (Å²) < 4.78 is 6.77. The number of rotatable bonds is 5. The van der Waals surface area contributed by atoms with Crippen LogP contribution in [-0.4, -0.2) is 22.4 Å². The minimum Gasteiger partial charge on any atom is -0.496 e. The number of thiophene rings is 1. The summed E-state index contributed by atoms with van der Waals surface area (Å²) in [6.07, 6.45) is 1.47. The number of hydrogen-bond acceptors (Lipinski definition) is 5. The number of carbonyl (C=O) groups excluding carboxylic acids is 1. The van der Waals surface area contributed by atoms with Gasteiger partial charge in [-0.1, -0.05) is 18.2 Å². The number of Topliss-reactive ketones (excluding diaryl/α,β-unsaturated/α-hetero) is 1. The predicted octanol–water partition coefficient (Wildman–Crippen LogP) is 5.25. The second-order valence-corrected chi connectivity index (χ2v) is 9.00. The van der Waals surface area contributed by atoms with E-state index in [-0.39, 0.29) is 17.9 Å². The highest BCUT2D eigenvalue weighted by molar-refractivity contribution is 7.19. The molecule has 4 aromatic rings. The third kappa shape index (κ3) is 3.79. The van der Waals surface area contributed by atoms with Crippen LogP contribution in [0.1, 0.15) is 31.9 Å². The van der Waals surface area contributed by atoms with Crippen LogP contribution in [0.2, 0.25) is 0 Å². The van der Waals surface area contributed by atoms with Crippen LogP contribution < -0.4 is 10.3 Å². The van der Waals surface area contributed by atoms with E-state index in [9.17, 15) is 9.59 Å². The maximum Gasteiger partial charge on any atom is 0.263 e. The molecule has 31 heavy (non-hydrogen) atoms. The quantitative estimate of drug-likeness (QED) is 0.404. The van der Waals surface area contributed by atoms with Gasteiger partial charge in [0.1, 0.15) is 10.6 Å². The first-order valence-electron chi connectivity index (χ1n) is 10.0. The van der Waals surface area contributed by atoms with Crippen LogP contribution in [0.25, 0.3) is 21.3 Å². The van der Waals surface area contributed by atoms with Gasteiger partial charge in [0.05, 0.1) is 25.4 Å². The molecule has 0 bridgehead atoms. The Morgan fingerprint density at radius 1 is 1.03 bits per heavy atom. The van der Waals surface area contributed by atoms with Crippen molar-refractivity contribution in [2.24, 2.45) is 0 Å². The largest absolute Gasteiger partial charge is 0.496 e. The molecule has 0 aliphatic rings. The van der Waals surface area contributed by atoms with Gasteiger partial charge in [-0.2, -0.15) is 0 Å². The van der Waals surface area contributed by atoms with Crippen molar-refractivity contribution in [2.75, 3.05) is 7.11 Å². The monoisotopic (exact) mass is 432 g/mol. The lowest BCUT2D eigenvalue weighted by atomic mass is 10.0. The average molecular weight is 433 g/mol. The predicted molar refractivity (Wildman–Crippen MR) is 126 cm³/mol. The van der Waals surface area contributed by atoms with Crippen molar-refractivity contribution in [3.05, 3.63) is 80.2 Å². The summed E-state index contributed by atoms with van der Waals surface area (Å²) in [5.74, 6) is 0.690. The Kier molecular flexibility index (Phi) is 5.50. The number of nitrogens with zero attached hydrogens (tertiary/aromatic N) is 2. The van der Waals surface area contributed by atoms with Crippen LogP contribution in [0.4, 0.5) is 0 Å². The number of aryl methyl sites for hydroxylation is 4. The minimum atomic E-state index is -0.199. The summed E-state index contributed by atoms with van der Waals surface area (Å²) >= 11 is 1.49. The van der Waals surface area contributed by atoms with E-state index in [1.807, 2.05) is 64.1 Å². The normalized spacial score (nSPS) is 11.1. The van der Waals surface area contributed by atoms with Gasteiger partial charge in [0.15, 0.2) is 5.78 Å². The molecule has 0 spiro atoms. The highest BCUT2D eigenvalue weighted by Crippen LogP contribution is 2.37. The molecule has 4 rings (SSSR count). The van der Waals surface area contributed by atoms with Gasteiger partial charge in [-0.05, 0) is 68.1 Å². The molecule has 158 valence electrons. The van der Waals surface area contributed by atoms with Crippen molar-refractivity contribution in [1.29, 1.82) is 0 Å². The van der Waals surface area contributed by atoms with Gasteiger partial charge >= 0.3 is 0 Å². The summed E-state index contributed by atoms with van der Waals surface area (Å²) in [7, 11) is 1.64. The lowest BCUT2D eigenvalue weighted by Gasteiger charge is -2.09. The van der Waals surface area contributed by atoms with Gasteiger partial charge in [-0.3, -0.25) is 14.2 Å². The van der Waals surface area contributed by atoms with Gasteiger partial charge in [0.2, 0.25) is 0 Å². The van der Waals surface area contributed by atoms with E-state index in [0.29, 0.717) is 15.8 Å². The van der Waals surface area contributed by atoms with E-state index in [2.05, 4.69) is 4.98 Å². The van der Waals surface area contributed by atoms with E-state index >= 15 is 0 Å². The number of carbonyl (C=O) groups is 1. The molecule has 0 saturated heterocycles. The molecule has 0 fully saturated rings. The van der Waals surface area contributed by atoms with Gasteiger partial charge in [0, 0.05) is 16.0 Å². The summed E-state index contributed by atoms with van der Waals surface area (Å²) in [6, 6.07) is 11.5. The summed E-state index contributed by atoms with van der Waals surface area (Å²) in [5.41, 5.74) is 5.39. The molecule has 0 aliphatic carbocycles. The molecule has 0 radical (unpaired) electrons. The van der Waals surface area contributed by atoms with Crippen LogP contribution in [0, 0.1) is 27.7 Å². The third-order valence-electron chi connectivity index (χ3n) is 5.68. The Bertz CT molecular complexity index is 1380. The number of ether oxygens (including phenoxy) is 1. The molecule has 5 nitrogen and oxygen atoms in total. The molecule has 0 aliphatic heterocycles. The van der Waals surface area contributed by atoms with Crippen molar-refractivity contribution < 1.29 is 9.53 Å². The molecule has 0 atom stereocenters. The SMILES string of the molecule is COc1ccc(-c2c(C)sc3ncn(CC(=O)c4ccc(C)c(C)c4)c(=O)c23)cc1C. The number of benzene rings is 2. The lowest BCUT2D eigenvalue weighted by molar-refractivity contribution is 0.0970. The van der Waals surface area contributed by atoms with Crippen molar-refractivity contribution in [1.82, 2.24) is 9.55 Å². The smallest absolute Gasteiger partial charge is 0.263 e. The Morgan fingerprint density at radius 2 is 1.81 bits per heavy atom. The van der Waals surface area contributed by atoms with Crippen molar-refractivity contribution in [3.63, 3.8) is 0 Å². The van der Waals surface area contributed by atoms with E-state index in [4.69, 9.17) is 4.74 Å². The van der Waals surface area contributed by atoms with Crippen molar-refractivity contribution in [2.45, 2.75) is 34.2 Å². The standard InChI is InChI=1S/C25H24N2O3S/c1-14-6-7-18(10-15(14)2)20(28)12-27-13-26-24-23(25(27)29)22(17(4)31-24)19-8-9-21(30-5)16(3)11-19/h6-11,13H,12H2,1-5H3. The van der Waals surface area contributed by atoms with Gasteiger partial charge < -0.3 is 4.74 Å². The minimum absolute atomic E-state index is 0.0414. The first-order valence-corrected chi connectivity index (χ1v) is 10.9. The van der Waals surface area contributed by atoms with Crippen LogP contribution in [-0.2, 0) is 6.54 Å². The molecule has 6 heteroatoms. The van der Waals surface area contributed by atoms with Gasteiger partial charge in [-0.15, -0.1) is 11.3 Å². The Balaban J connectivity index is 1.79. The molecule has 0 unspecified atom stereocenters. The van der Waals surface area contributed by atoms with Crippen molar-refractivity contribution in [3.8, 4) is 16.9 Å². The second kappa shape index (κ2) is 8.12. The highest BCUT2D eigenvalue weighted by Gasteiger charge is 2.19. The molecule has 0 amide bonds. The Hall–Kier alpha value is -3.25. The van der Waals surface area contributed by atoms with Gasteiger partial charge in [-0.25, -0.2) is 4.98 Å². The summed E-state index contributed by atoms with van der Waals surface area (Å²) in [4.78, 5) is 32.4. The number of hydrogen-bond donors (Lipinski definition) is 0. The van der Waals surface area contributed by atoms with Crippen LogP contribution in [0.15, 0.2) is 47.5 Å². The fourth-order valence-corrected chi connectivity index (χ4v) is 4.80. The summed E-state index contributed by atoms with van der Waals surface area (Å²) in [5, 5.41) is 0.558. The van der Waals surface area contributed by atoms with E-state index in [1.54, 1.807) is 7.11 Å². The molecule has 2 heterocycles. The van der Waals surface area contributed by atoms with E-state index in [0.717, 1.165) is 38.4 Å². The zero-order valence-corrected chi connectivity index (χ0v) is 19.1. The molecule has 0 saturated carbocycles. The van der Waals surface area contributed by atoms with Crippen molar-refractivity contribution >= 4 is 27.3 Å². The van der Waals surface area contributed by atoms with Gasteiger partial charge in [0.25, 0.3) is 5.56 Å². The molecular weight excluding hydrogens is 408 g/mol. The van der Waals surface area contributed by atoms with Crippen LogP contribution in [0.5, 0.6) is 5.75 Å². The van der Waals surface area contributed by atoms with E-state index < -0.39 is 0 Å². The fourth-order valence-electron chi connectivity index (χ4n) is 3.79. The molecule has 2 aromatic heterocycles.